The number of hydrogen-bond acceptors (Lipinski definition) is 4. The highest BCUT2D eigenvalue weighted by Gasteiger charge is 2.25. The molecule has 2 heterocycles. The van der Waals surface area contributed by atoms with Crippen LogP contribution in [0, 0.1) is 12.7 Å². The van der Waals surface area contributed by atoms with Crippen molar-refractivity contribution < 1.29 is 13.7 Å². The lowest BCUT2D eigenvalue weighted by molar-refractivity contribution is 0.102. The molecule has 0 atom stereocenters. The van der Waals surface area contributed by atoms with Crippen LogP contribution in [0.4, 0.5) is 10.2 Å². The van der Waals surface area contributed by atoms with Crippen LogP contribution in [-0.2, 0) is 6.54 Å². The van der Waals surface area contributed by atoms with Crippen LogP contribution in [-0.4, -0.2) is 20.8 Å². The Balaban J connectivity index is 1.58. The summed E-state index contributed by atoms with van der Waals surface area (Å²) in [6, 6.07) is 15.8. The lowest BCUT2D eigenvalue weighted by Gasteiger charge is -2.06. The van der Waals surface area contributed by atoms with E-state index in [9.17, 15) is 9.18 Å². The maximum absolute atomic E-state index is 14.3. The maximum atomic E-state index is 14.3. The third kappa shape index (κ3) is 3.90. The summed E-state index contributed by atoms with van der Waals surface area (Å²) in [4.78, 5) is 12.9. The van der Waals surface area contributed by atoms with Gasteiger partial charge in [-0.3, -0.25) is 9.48 Å². The van der Waals surface area contributed by atoms with Crippen LogP contribution in [0.25, 0.3) is 11.3 Å². The molecule has 0 spiro atoms. The summed E-state index contributed by atoms with van der Waals surface area (Å²) < 4.78 is 21.2. The van der Waals surface area contributed by atoms with E-state index in [1.54, 1.807) is 23.9 Å². The van der Waals surface area contributed by atoms with Gasteiger partial charge in [-0.1, -0.05) is 53.2 Å². The first-order chi connectivity index (χ1) is 14.0. The van der Waals surface area contributed by atoms with E-state index in [4.69, 9.17) is 16.1 Å². The van der Waals surface area contributed by atoms with Gasteiger partial charge in [0, 0.05) is 12.3 Å². The number of rotatable bonds is 5. The number of anilines is 1. The van der Waals surface area contributed by atoms with Gasteiger partial charge in [-0.15, -0.1) is 0 Å². The van der Waals surface area contributed by atoms with Crippen LogP contribution < -0.4 is 5.32 Å². The second kappa shape index (κ2) is 7.89. The number of hydrogen-bond donors (Lipinski definition) is 1. The number of aryl methyl sites for hydroxylation is 1. The molecule has 1 N–H and O–H groups in total. The zero-order valence-corrected chi connectivity index (χ0v) is 16.2. The van der Waals surface area contributed by atoms with E-state index in [0.717, 1.165) is 5.56 Å². The van der Waals surface area contributed by atoms with Crippen molar-refractivity contribution in [1.82, 2.24) is 14.9 Å². The minimum Gasteiger partial charge on any atom is -0.360 e. The minimum absolute atomic E-state index is 0.0192. The van der Waals surface area contributed by atoms with Crippen molar-refractivity contribution in [3.8, 4) is 11.3 Å². The van der Waals surface area contributed by atoms with Crippen molar-refractivity contribution in [2.75, 3.05) is 5.32 Å². The van der Waals surface area contributed by atoms with E-state index in [-0.39, 0.29) is 27.6 Å². The molecule has 2 aromatic heterocycles. The van der Waals surface area contributed by atoms with Gasteiger partial charge in [0.15, 0.2) is 5.82 Å². The molecule has 4 rings (SSSR count). The standard InChI is InChI=1S/C21H16ClFN4O2/c1-13-18(20(26-29-13)19-15(22)8-5-9-16(19)23)21(28)24-17-10-11-27(25-17)12-14-6-3-2-4-7-14/h2-11H,12H2,1H3,(H,24,25,28). The second-order valence-electron chi connectivity index (χ2n) is 6.40. The number of carbonyl (C=O) groups is 1. The van der Waals surface area contributed by atoms with E-state index < -0.39 is 11.7 Å². The highest BCUT2D eigenvalue weighted by Crippen LogP contribution is 2.33. The van der Waals surface area contributed by atoms with E-state index in [1.165, 1.54) is 18.2 Å². The van der Waals surface area contributed by atoms with E-state index in [2.05, 4.69) is 15.6 Å². The largest absolute Gasteiger partial charge is 0.360 e. The quantitative estimate of drug-likeness (QED) is 0.505. The predicted octanol–water partition coefficient (Wildman–Crippen LogP) is 4.94. The summed E-state index contributed by atoms with van der Waals surface area (Å²) in [5, 5.41) is 11.0. The van der Waals surface area contributed by atoms with Crippen LogP contribution in [0.2, 0.25) is 5.02 Å². The third-order valence-corrected chi connectivity index (χ3v) is 4.67. The number of halogens is 2. The van der Waals surface area contributed by atoms with E-state index >= 15 is 0 Å². The molecular weight excluding hydrogens is 395 g/mol. The predicted molar refractivity (Wildman–Crippen MR) is 107 cm³/mol. The molecule has 0 unspecified atom stereocenters. The normalized spacial score (nSPS) is 10.9. The maximum Gasteiger partial charge on any atom is 0.262 e. The van der Waals surface area contributed by atoms with Crippen molar-refractivity contribution in [3.63, 3.8) is 0 Å². The van der Waals surface area contributed by atoms with Gasteiger partial charge < -0.3 is 9.84 Å². The molecule has 8 heteroatoms. The van der Waals surface area contributed by atoms with Crippen LogP contribution in [0.5, 0.6) is 0 Å². The molecule has 0 saturated heterocycles. The van der Waals surface area contributed by atoms with Gasteiger partial charge in [0.2, 0.25) is 0 Å². The van der Waals surface area contributed by atoms with Gasteiger partial charge in [0.25, 0.3) is 5.91 Å². The Bertz CT molecular complexity index is 1150. The molecule has 0 fully saturated rings. The highest BCUT2D eigenvalue weighted by molar-refractivity contribution is 6.33. The van der Waals surface area contributed by atoms with Gasteiger partial charge in [0.1, 0.15) is 22.8 Å². The number of nitrogens with one attached hydrogen (secondary N) is 1. The Kier molecular flexibility index (Phi) is 5.14. The first kappa shape index (κ1) is 18.9. The van der Waals surface area contributed by atoms with Crippen LogP contribution >= 0.6 is 11.6 Å². The Labute approximate surface area is 170 Å². The Morgan fingerprint density at radius 1 is 1.17 bits per heavy atom. The Hall–Kier alpha value is -3.45. The third-order valence-electron chi connectivity index (χ3n) is 4.36. The van der Waals surface area contributed by atoms with Gasteiger partial charge >= 0.3 is 0 Å². The lowest BCUT2D eigenvalue weighted by atomic mass is 10.0. The molecule has 4 aromatic rings. The smallest absolute Gasteiger partial charge is 0.262 e. The molecule has 0 aliphatic heterocycles. The summed E-state index contributed by atoms with van der Waals surface area (Å²) >= 11 is 6.12. The number of nitrogens with zero attached hydrogens (tertiary/aromatic N) is 3. The minimum atomic E-state index is -0.591. The molecule has 0 aliphatic carbocycles. The van der Waals surface area contributed by atoms with E-state index in [0.29, 0.717) is 12.4 Å². The van der Waals surface area contributed by atoms with Crippen LogP contribution in [0.1, 0.15) is 21.7 Å². The summed E-state index contributed by atoms with van der Waals surface area (Å²) in [7, 11) is 0. The topological polar surface area (TPSA) is 73.0 Å². The molecule has 1 amide bonds. The van der Waals surface area contributed by atoms with Crippen molar-refractivity contribution >= 4 is 23.3 Å². The molecule has 29 heavy (non-hydrogen) atoms. The fourth-order valence-corrected chi connectivity index (χ4v) is 3.25. The summed E-state index contributed by atoms with van der Waals surface area (Å²) in [5.74, 6) is -0.493. The number of aromatic nitrogens is 3. The van der Waals surface area contributed by atoms with Crippen LogP contribution in [0.3, 0.4) is 0 Å². The molecule has 0 bridgehead atoms. The average molecular weight is 411 g/mol. The zero-order chi connectivity index (χ0) is 20.4. The van der Waals surface area contributed by atoms with Crippen molar-refractivity contribution in [1.29, 1.82) is 0 Å². The molecule has 0 radical (unpaired) electrons. The monoisotopic (exact) mass is 410 g/mol. The van der Waals surface area contributed by atoms with Crippen LogP contribution in [0.15, 0.2) is 65.3 Å². The Morgan fingerprint density at radius 2 is 1.97 bits per heavy atom. The van der Waals surface area contributed by atoms with Gasteiger partial charge in [-0.2, -0.15) is 5.10 Å². The average Bonchev–Trinajstić information content (AvgIpc) is 3.29. The molecule has 0 saturated carbocycles. The first-order valence-electron chi connectivity index (χ1n) is 8.82. The van der Waals surface area contributed by atoms with E-state index in [1.807, 2.05) is 30.3 Å². The van der Waals surface area contributed by atoms with Gasteiger partial charge in [0.05, 0.1) is 17.1 Å². The number of carbonyl (C=O) groups excluding carboxylic acids is 1. The summed E-state index contributed by atoms with van der Waals surface area (Å²) in [5.41, 5.74) is 1.26. The fraction of sp³-hybridized carbons (Fsp3) is 0.0952. The number of amides is 1. The van der Waals surface area contributed by atoms with Crippen molar-refractivity contribution in [3.05, 3.63) is 88.5 Å². The second-order valence-corrected chi connectivity index (χ2v) is 6.80. The van der Waals surface area contributed by atoms with Gasteiger partial charge in [-0.05, 0) is 24.6 Å². The lowest BCUT2D eigenvalue weighted by Crippen LogP contribution is -2.14. The fourth-order valence-electron chi connectivity index (χ4n) is 3.00. The molecule has 146 valence electrons. The summed E-state index contributed by atoms with van der Waals surface area (Å²) in [6.45, 7) is 2.15. The zero-order valence-electron chi connectivity index (χ0n) is 15.4. The Morgan fingerprint density at radius 3 is 2.72 bits per heavy atom. The SMILES string of the molecule is Cc1onc(-c2c(F)cccc2Cl)c1C(=O)Nc1ccn(Cc2ccccc2)n1. The van der Waals surface area contributed by atoms with Gasteiger partial charge in [-0.25, -0.2) is 4.39 Å². The highest BCUT2D eigenvalue weighted by atomic mass is 35.5. The van der Waals surface area contributed by atoms with Crippen molar-refractivity contribution in [2.45, 2.75) is 13.5 Å². The van der Waals surface area contributed by atoms with Crippen molar-refractivity contribution in [2.24, 2.45) is 0 Å². The molecule has 0 aliphatic rings. The molecule has 6 nitrogen and oxygen atoms in total. The first-order valence-corrected chi connectivity index (χ1v) is 9.20. The number of benzene rings is 2. The molecular formula is C21H16ClFN4O2. The summed E-state index contributed by atoms with van der Waals surface area (Å²) in [6.07, 6.45) is 1.76. The molecule has 2 aromatic carbocycles.